The van der Waals surface area contributed by atoms with E-state index in [1.165, 1.54) is 0 Å². The van der Waals surface area contributed by atoms with Gasteiger partial charge >= 0.3 is 12.1 Å². The van der Waals surface area contributed by atoms with Crippen molar-refractivity contribution >= 4 is 5.91 Å². The van der Waals surface area contributed by atoms with Crippen molar-refractivity contribution in [3.05, 3.63) is 0 Å². The Morgan fingerprint density at radius 3 is 2.60 bits per heavy atom. The summed E-state index contributed by atoms with van der Waals surface area (Å²) in [7, 11) is 0. The summed E-state index contributed by atoms with van der Waals surface area (Å²) < 4.78 is 36.5. The van der Waals surface area contributed by atoms with Crippen LogP contribution >= 0.6 is 0 Å². The maximum absolute atomic E-state index is 12.2. The predicted octanol–water partition coefficient (Wildman–Crippen LogP) is 0.855. The highest BCUT2D eigenvalue weighted by molar-refractivity contribution is 5.82. The van der Waals surface area contributed by atoms with Gasteiger partial charge in [-0.1, -0.05) is 0 Å². The van der Waals surface area contributed by atoms with Gasteiger partial charge in [-0.3, -0.25) is 9.69 Å². The number of carbonyl (C=O) groups is 1. The predicted molar refractivity (Wildman–Crippen MR) is 47.2 cm³/mol. The molecule has 0 spiro atoms. The van der Waals surface area contributed by atoms with E-state index < -0.39 is 12.1 Å². The Labute approximate surface area is 85.8 Å². The number of hydrogen-bond donors (Lipinski definition) is 0. The molecule has 0 bridgehead atoms. The molecule has 0 aromatic rings. The number of fused-ring (bicyclic) bond motifs is 1. The van der Waals surface area contributed by atoms with E-state index in [4.69, 9.17) is 0 Å². The smallest absolute Gasteiger partial charge is 0.332 e. The summed E-state index contributed by atoms with van der Waals surface area (Å²) in [4.78, 5) is 14.1. The Kier molecular flexibility index (Phi) is 2.62. The van der Waals surface area contributed by atoms with Crippen molar-refractivity contribution in [2.75, 3.05) is 26.2 Å². The summed E-state index contributed by atoms with van der Waals surface area (Å²) in [6, 6.07) is 0.144. The number of nitrogens with zero attached hydrogens (tertiary/aromatic N) is 2. The molecule has 1 unspecified atom stereocenters. The van der Waals surface area contributed by atoms with Gasteiger partial charge in [-0.05, 0) is 19.4 Å². The van der Waals surface area contributed by atoms with Gasteiger partial charge in [0, 0.05) is 25.7 Å². The fourth-order valence-corrected chi connectivity index (χ4v) is 2.35. The highest BCUT2D eigenvalue weighted by atomic mass is 19.4. The molecule has 0 radical (unpaired) electrons. The zero-order chi connectivity index (χ0) is 11.1. The second-order valence-corrected chi connectivity index (χ2v) is 4.08. The van der Waals surface area contributed by atoms with Gasteiger partial charge in [-0.15, -0.1) is 0 Å². The van der Waals surface area contributed by atoms with Crippen LogP contribution < -0.4 is 0 Å². The third-order valence-corrected chi connectivity index (χ3v) is 3.12. The van der Waals surface area contributed by atoms with Crippen LogP contribution in [0.25, 0.3) is 0 Å². The highest BCUT2D eigenvalue weighted by Gasteiger charge is 2.45. The minimum absolute atomic E-state index is 0.144. The van der Waals surface area contributed by atoms with Crippen molar-refractivity contribution in [2.45, 2.75) is 25.1 Å². The van der Waals surface area contributed by atoms with E-state index in [1.807, 2.05) is 0 Å². The number of amides is 1. The van der Waals surface area contributed by atoms with E-state index in [1.54, 1.807) is 0 Å². The first-order valence-electron chi connectivity index (χ1n) is 5.08. The number of alkyl halides is 3. The summed E-state index contributed by atoms with van der Waals surface area (Å²) in [5.41, 5.74) is 0. The van der Waals surface area contributed by atoms with E-state index >= 15 is 0 Å². The zero-order valence-electron chi connectivity index (χ0n) is 8.26. The van der Waals surface area contributed by atoms with E-state index in [0.29, 0.717) is 6.54 Å². The largest absolute Gasteiger partial charge is 0.471 e. The van der Waals surface area contributed by atoms with E-state index in [2.05, 4.69) is 4.90 Å². The summed E-state index contributed by atoms with van der Waals surface area (Å²) in [6.45, 7) is 1.97. The van der Waals surface area contributed by atoms with Crippen LogP contribution in [0.1, 0.15) is 12.8 Å². The van der Waals surface area contributed by atoms with E-state index in [-0.39, 0.29) is 19.1 Å². The molecule has 2 aliphatic rings. The van der Waals surface area contributed by atoms with Crippen molar-refractivity contribution < 1.29 is 18.0 Å². The van der Waals surface area contributed by atoms with Crippen LogP contribution in [0.4, 0.5) is 13.2 Å². The lowest BCUT2D eigenvalue weighted by Crippen LogP contribution is -2.55. The van der Waals surface area contributed by atoms with Gasteiger partial charge in [0.15, 0.2) is 0 Å². The Balaban J connectivity index is 1.98. The molecule has 2 fully saturated rings. The molecule has 3 nitrogen and oxygen atoms in total. The van der Waals surface area contributed by atoms with Crippen molar-refractivity contribution in [2.24, 2.45) is 0 Å². The Hall–Kier alpha value is -0.780. The molecule has 15 heavy (non-hydrogen) atoms. The van der Waals surface area contributed by atoms with Crippen LogP contribution in [0.2, 0.25) is 0 Å². The molecule has 2 aliphatic heterocycles. The lowest BCUT2D eigenvalue weighted by molar-refractivity contribution is -0.187. The fourth-order valence-electron chi connectivity index (χ4n) is 2.35. The monoisotopic (exact) mass is 222 g/mol. The van der Waals surface area contributed by atoms with Crippen LogP contribution in [-0.2, 0) is 4.79 Å². The highest BCUT2D eigenvalue weighted by Crippen LogP contribution is 2.25. The third kappa shape index (κ3) is 2.09. The van der Waals surface area contributed by atoms with Gasteiger partial charge in [0.1, 0.15) is 0 Å². The third-order valence-electron chi connectivity index (χ3n) is 3.12. The Morgan fingerprint density at radius 2 is 1.93 bits per heavy atom. The van der Waals surface area contributed by atoms with E-state index in [9.17, 15) is 18.0 Å². The summed E-state index contributed by atoms with van der Waals surface area (Å²) >= 11 is 0. The van der Waals surface area contributed by atoms with Gasteiger partial charge in [-0.2, -0.15) is 13.2 Å². The van der Waals surface area contributed by atoms with Crippen LogP contribution in [0.15, 0.2) is 0 Å². The molecule has 2 saturated heterocycles. The number of piperazine rings is 1. The van der Waals surface area contributed by atoms with Crippen LogP contribution in [0.3, 0.4) is 0 Å². The average molecular weight is 222 g/mol. The standard InChI is InChI=1S/C9H13F3N2O/c10-9(11,12)8(15)14-5-4-13-3-1-2-7(13)6-14/h7H,1-6H2. The van der Waals surface area contributed by atoms with Gasteiger partial charge in [0.2, 0.25) is 0 Å². The summed E-state index contributed by atoms with van der Waals surface area (Å²) in [5, 5.41) is 0. The summed E-state index contributed by atoms with van der Waals surface area (Å²) in [6.07, 6.45) is -2.79. The maximum atomic E-state index is 12.2. The number of carbonyl (C=O) groups excluding carboxylic acids is 1. The quantitative estimate of drug-likeness (QED) is 0.606. The van der Waals surface area contributed by atoms with Crippen molar-refractivity contribution in [1.29, 1.82) is 0 Å². The topological polar surface area (TPSA) is 23.6 Å². The molecule has 0 N–H and O–H groups in total. The molecule has 0 aliphatic carbocycles. The molecule has 0 saturated carbocycles. The van der Waals surface area contributed by atoms with Crippen molar-refractivity contribution in [1.82, 2.24) is 9.80 Å². The molecule has 0 aromatic heterocycles. The molecule has 2 heterocycles. The van der Waals surface area contributed by atoms with Gasteiger partial charge in [0.25, 0.3) is 0 Å². The Bertz CT molecular complexity index is 267. The van der Waals surface area contributed by atoms with Crippen LogP contribution in [-0.4, -0.2) is 54.1 Å². The molecular formula is C9H13F3N2O. The lowest BCUT2D eigenvalue weighted by Gasteiger charge is -2.37. The molecule has 6 heteroatoms. The fraction of sp³-hybridized carbons (Fsp3) is 0.889. The van der Waals surface area contributed by atoms with Gasteiger partial charge in [0.05, 0.1) is 0 Å². The first-order chi connectivity index (χ1) is 6.98. The molecular weight excluding hydrogens is 209 g/mol. The molecule has 86 valence electrons. The molecule has 0 aromatic carbocycles. The first-order valence-corrected chi connectivity index (χ1v) is 5.08. The first kappa shape index (κ1) is 10.7. The second kappa shape index (κ2) is 3.66. The molecule has 2 rings (SSSR count). The van der Waals surface area contributed by atoms with Gasteiger partial charge in [-0.25, -0.2) is 0 Å². The zero-order valence-corrected chi connectivity index (χ0v) is 8.26. The molecule has 1 atom stereocenters. The summed E-state index contributed by atoms with van der Waals surface area (Å²) in [5.74, 6) is -1.69. The van der Waals surface area contributed by atoms with Crippen molar-refractivity contribution in [3.63, 3.8) is 0 Å². The maximum Gasteiger partial charge on any atom is 0.471 e. The molecule has 1 amide bonds. The SMILES string of the molecule is O=C(N1CCN2CCCC2C1)C(F)(F)F. The van der Waals surface area contributed by atoms with Crippen LogP contribution in [0.5, 0.6) is 0 Å². The number of hydrogen-bond acceptors (Lipinski definition) is 2. The van der Waals surface area contributed by atoms with Gasteiger partial charge < -0.3 is 4.90 Å². The number of halogens is 3. The minimum atomic E-state index is -4.72. The lowest BCUT2D eigenvalue weighted by atomic mass is 10.1. The van der Waals surface area contributed by atoms with Crippen LogP contribution in [0, 0.1) is 0 Å². The van der Waals surface area contributed by atoms with Crippen molar-refractivity contribution in [3.8, 4) is 0 Å². The van der Waals surface area contributed by atoms with E-state index in [0.717, 1.165) is 24.3 Å². The Morgan fingerprint density at radius 1 is 1.20 bits per heavy atom. The second-order valence-electron chi connectivity index (χ2n) is 4.08. The normalized spacial score (nSPS) is 27.9. The average Bonchev–Trinajstić information content (AvgIpc) is 2.61. The minimum Gasteiger partial charge on any atom is -0.332 e. The number of rotatable bonds is 0.